The summed E-state index contributed by atoms with van der Waals surface area (Å²) < 4.78 is 3.84. The molecular formula is C21H21N5OS. The van der Waals surface area contributed by atoms with E-state index in [1.54, 1.807) is 24.1 Å². The first-order valence-corrected chi connectivity index (χ1v) is 10.0. The summed E-state index contributed by atoms with van der Waals surface area (Å²) in [5, 5.41) is 24.3. The van der Waals surface area contributed by atoms with Crippen molar-refractivity contribution < 1.29 is 5.11 Å². The first-order chi connectivity index (χ1) is 13.6. The molecule has 0 amide bonds. The van der Waals surface area contributed by atoms with Crippen LogP contribution in [-0.4, -0.2) is 37.3 Å². The normalized spacial score (nSPS) is 14.3. The molecule has 3 heterocycles. The van der Waals surface area contributed by atoms with Gasteiger partial charge < -0.3 is 5.11 Å². The maximum absolute atomic E-state index is 10.8. The summed E-state index contributed by atoms with van der Waals surface area (Å²) in [4.78, 5) is 5.66. The van der Waals surface area contributed by atoms with E-state index in [0.29, 0.717) is 22.6 Å². The summed E-state index contributed by atoms with van der Waals surface area (Å²) in [5.41, 5.74) is 3.86. The van der Waals surface area contributed by atoms with Gasteiger partial charge in [0.25, 0.3) is 0 Å². The summed E-state index contributed by atoms with van der Waals surface area (Å²) in [5.74, 6) is 0.637. The highest BCUT2D eigenvalue weighted by atomic mass is 32.2. The van der Waals surface area contributed by atoms with Gasteiger partial charge in [0, 0.05) is 24.2 Å². The third-order valence-electron chi connectivity index (χ3n) is 4.90. The van der Waals surface area contributed by atoms with Gasteiger partial charge in [-0.15, -0.1) is 0 Å². The van der Waals surface area contributed by atoms with Gasteiger partial charge in [0.2, 0.25) is 5.88 Å². The zero-order valence-electron chi connectivity index (χ0n) is 15.9. The van der Waals surface area contributed by atoms with Crippen molar-refractivity contribution in [2.75, 3.05) is 13.1 Å². The second kappa shape index (κ2) is 7.66. The van der Waals surface area contributed by atoms with E-state index in [4.69, 9.17) is 5.26 Å². The molecule has 0 aliphatic carbocycles. The largest absolute Gasteiger partial charge is 0.493 e. The maximum Gasteiger partial charge on any atom is 0.223 e. The average molecular weight is 392 g/mol. The number of aryl methyl sites for hydroxylation is 2. The second-order valence-electron chi connectivity index (χ2n) is 6.92. The van der Waals surface area contributed by atoms with Crippen molar-refractivity contribution in [2.24, 2.45) is 0 Å². The summed E-state index contributed by atoms with van der Waals surface area (Å²) >= 11 is 1.75. The van der Waals surface area contributed by atoms with E-state index in [9.17, 15) is 5.11 Å². The Balaban J connectivity index is 1.66. The Morgan fingerprint density at radius 3 is 2.50 bits per heavy atom. The molecule has 2 aromatic heterocycles. The van der Waals surface area contributed by atoms with Crippen LogP contribution in [0, 0.1) is 25.2 Å². The van der Waals surface area contributed by atoms with Crippen molar-refractivity contribution in [2.45, 2.75) is 31.6 Å². The first kappa shape index (κ1) is 18.5. The van der Waals surface area contributed by atoms with Crippen molar-refractivity contribution in [3.8, 4) is 28.9 Å². The number of aromatic hydroxyl groups is 1. The predicted molar refractivity (Wildman–Crippen MR) is 109 cm³/mol. The van der Waals surface area contributed by atoms with Crippen LogP contribution in [0.15, 0.2) is 41.4 Å². The zero-order chi connectivity index (χ0) is 19.7. The molecule has 1 N–H and O–H groups in total. The number of aromatic nitrogens is 3. The molecule has 0 radical (unpaired) electrons. The van der Waals surface area contributed by atoms with Crippen LogP contribution in [0.25, 0.3) is 16.9 Å². The first-order valence-electron chi connectivity index (χ1n) is 9.26. The van der Waals surface area contributed by atoms with E-state index >= 15 is 0 Å². The molecule has 1 aliphatic rings. The summed E-state index contributed by atoms with van der Waals surface area (Å²) in [6, 6.07) is 11.2. The third kappa shape index (κ3) is 3.49. The van der Waals surface area contributed by atoms with E-state index < -0.39 is 0 Å². The van der Waals surface area contributed by atoms with Gasteiger partial charge in [-0.3, -0.25) is 0 Å². The summed E-state index contributed by atoms with van der Waals surface area (Å²) in [7, 11) is 0. The smallest absolute Gasteiger partial charge is 0.223 e. The monoisotopic (exact) mass is 391 g/mol. The van der Waals surface area contributed by atoms with Crippen molar-refractivity contribution >= 4 is 11.9 Å². The van der Waals surface area contributed by atoms with E-state index in [1.165, 1.54) is 17.5 Å². The zero-order valence-corrected chi connectivity index (χ0v) is 16.7. The third-order valence-corrected chi connectivity index (χ3v) is 6.14. The minimum Gasteiger partial charge on any atom is -0.493 e. The quantitative estimate of drug-likeness (QED) is 0.671. The maximum atomic E-state index is 10.8. The molecule has 3 aromatic rings. The van der Waals surface area contributed by atoms with Crippen LogP contribution < -0.4 is 0 Å². The van der Waals surface area contributed by atoms with Crippen LogP contribution in [0.2, 0.25) is 0 Å². The number of rotatable bonds is 4. The van der Waals surface area contributed by atoms with Crippen molar-refractivity contribution in [1.29, 1.82) is 5.26 Å². The van der Waals surface area contributed by atoms with Gasteiger partial charge in [-0.1, -0.05) is 12.1 Å². The number of hydrogen-bond donors (Lipinski definition) is 1. The number of benzene rings is 1. The minimum atomic E-state index is 0.0500. The van der Waals surface area contributed by atoms with Crippen LogP contribution in [-0.2, 0) is 0 Å². The lowest BCUT2D eigenvalue weighted by Gasteiger charge is -2.15. The van der Waals surface area contributed by atoms with E-state index in [-0.39, 0.29) is 5.88 Å². The highest BCUT2D eigenvalue weighted by Crippen LogP contribution is 2.35. The van der Waals surface area contributed by atoms with Gasteiger partial charge in [0.15, 0.2) is 5.82 Å². The molecule has 1 fully saturated rings. The van der Waals surface area contributed by atoms with Crippen molar-refractivity contribution in [3.05, 3.63) is 53.3 Å². The molecule has 7 heteroatoms. The molecular weight excluding hydrogens is 370 g/mol. The van der Waals surface area contributed by atoms with Gasteiger partial charge in [0.05, 0.1) is 22.9 Å². The van der Waals surface area contributed by atoms with E-state index in [0.717, 1.165) is 29.1 Å². The van der Waals surface area contributed by atoms with Gasteiger partial charge in [-0.05, 0) is 68.0 Å². The highest BCUT2D eigenvalue weighted by molar-refractivity contribution is 7.97. The van der Waals surface area contributed by atoms with Crippen LogP contribution in [0.3, 0.4) is 0 Å². The standard InChI is InChI=1S/C21H21N5OS/c1-14-11-19(23-13-18(14)28-25-9-3-4-10-25)26-21(27)20(15(2)24-26)17-7-5-16(12-22)6-8-17/h5-8,11,13,27H,3-4,9-10H2,1-2H3. The van der Waals surface area contributed by atoms with Crippen LogP contribution >= 0.6 is 11.9 Å². The fraction of sp³-hybridized carbons (Fsp3) is 0.286. The molecule has 142 valence electrons. The molecule has 0 saturated carbocycles. The predicted octanol–water partition coefficient (Wildman–Crippen LogP) is 4.23. The fourth-order valence-electron chi connectivity index (χ4n) is 3.38. The average Bonchev–Trinajstić information content (AvgIpc) is 3.31. The molecule has 0 unspecified atom stereocenters. The topological polar surface area (TPSA) is 78.0 Å². The molecule has 28 heavy (non-hydrogen) atoms. The second-order valence-corrected chi connectivity index (χ2v) is 8.06. The van der Waals surface area contributed by atoms with Crippen LogP contribution in [0.4, 0.5) is 0 Å². The van der Waals surface area contributed by atoms with Crippen LogP contribution in [0.5, 0.6) is 5.88 Å². The summed E-state index contributed by atoms with van der Waals surface area (Å²) in [6.07, 6.45) is 4.34. The molecule has 0 atom stereocenters. The van der Waals surface area contributed by atoms with Crippen molar-refractivity contribution in [3.63, 3.8) is 0 Å². The Morgan fingerprint density at radius 2 is 1.86 bits per heavy atom. The van der Waals surface area contributed by atoms with Gasteiger partial charge >= 0.3 is 0 Å². The van der Waals surface area contributed by atoms with Gasteiger partial charge in [0.1, 0.15) is 0 Å². The Bertz CT molecular complexity index is 1050. The molecule has 4 rings (SSSR count). The highest BCUT2D eigenvalue weighted by Gasteiger charge is 2.19. The molecule has 1 saturated heterocycles. The molecule has 6 nitrogen and oxygen atoms in total. The van der Waals surface area contributed by atoms with Gasteiger partial charge in [-0.2, -0.15) is 15.0 Å². The Hall–Kier alpha value is -2.82. The Morgan fingerprint density at radius 1 is 1.14 bits per heavy atom. The Labute approximate surface area is 168 Å². The van der Waals surface area contributed by atoms with Crippen molar-refractivity contribution in [1.82, 2.24) is 19.1 Å². The number of nitriles is 1. The molecule has 1 aliphatic heterocycles. The minimum absolute atomic E-state index is 0.0500. The van der Waals surface area contributed by atoms with Gasteiger partial charge in [-0.25, -0.2) is 9.29 Å². The lowest BCUT2D eigenvalue weighted by atomic mass is 10.0. The lowest BCUT2D eigenvalue weighted by Crippen LogP contribution is -2.09. The summed E-state index contributed by atoms with van der Waals surface area (Å²) in [6.45, 7) is 6.13. The number of hydrogen-bond acceptors (Lipinski definition) is 6. The van der Waals surface area contributed by atoms with Crippen LogP contribution in [0.1, 0.15) is 29.7 Å². The number of nitrogens with zero attached hydrogens (tertiary/aromatic N) is 5. The fourth-order valence-corrected chi connectivity index (χ4v) is 4.40. The molecule has 1 aromatic carbocycles. The SMILES string of the molecule is Cc1cc(-n2nc(C)c(-c3ccc(C#N)cc3)c2O)ncc1SN1CCCC1. The van der Waals surface area contributed by atoms with E-state index in [2.05, 4.69) is 27.4 Å². The molecule has 0 bridgehead atoms. The Kier molecular flexibility index (Phi) is 5.07. The molecule has 0 spiro atoms. The lowest BCUT2D eigenvalue weighted by molar-refractivity contribution is 0.433. The number of pyridine rings is 1. The van der Waals surface area contributed by atoms with E-state index in [1.807, 2.05) is 31.3 Å².